The van der Waals surface area contributed by atoms with Crippen LogP contribution in [0.1, 0.15) is 19.3 Å². The minimum Gasteiger partial charge on any atom is -0.382 e. The van der Waals surface area contributed by atoms with E-state index in [2.05, 4.69) is 15.5 Å². The van der Waals surface area contributed by atoms with Crippen molar-refractivity contribution in [2.75, 3.05) is 5.32 Å². The van der Waals surface area contributed by atoms with Gasteiger partial charge >= 0.3 is 0 Å². The van der Waals surface area contributed by atoms with E-state index in [1.807, 2.05) is 24.3 Å². The predicted octanol–water partition coefficient (Wildman–Crippen LogP) is 1.66. The van der Waals surface area contributed by atoms with Gasteiger partial charge in [-0.2, -0.15) is 0 Å². The van der Waals surface area contributed by atoms with Gasteiger partial charge in [-0.15, -0.1) is 0 Å². The summed E-state index contributed by atoms with van der Waals surface area (Å²) in [5.41, 5.74) is 8.69. The van der Waals surface area contributed by atoms with E-state index in [1.54, 1.807) is 6.07 Å². The van der Waals surface area contributed by atoms with Crippen molar-refractivity contribution >= 4 is 5.69 Å². The third-order valence-electron chi connectivity index (χ3n) is 3.64. The van der Waals surface area contributed by atoms with E-state index in [0.29, 0.717) is 12.1 Å². The van der Waals surface area contributed by atoms with Gasteiger partial charge in [0.25, 0.3) is 5.56 Å². The van der Waals surface area contributed by atoms with E-state index in [9.17, 15) is 4.79 Å². The Kier molecular flexibility index (Phi) is 3.13. The molecule has 19 heavy (non-hydrogen) atoms. The van der Waals surface area contributed by atoms with E-state index in [4.69, 9.17) is 5.73 Å². The topological polar surface area (TPSA) is 86.7 Å². The van der Waals surface area contributed by atoms with Crippen LogP contribution in [0.2, 0.25) is 0 Å². The number of H-pyrrole nitrogens is 2. The summed E-state index contributed by atoms with van der Waals surface area (Å²) in [6.07, 6.45) is 3.27. The zero-order valence-corrected chi connectivity index (χ0v) is 10.6. The lowest BCUT2D eigenvalue weighted by Gasteiger charge is -2.14. The van der Waals surface area contributed by atoms with Gasteiger partial charge in [0, 0.05) is 23.8 Å². The van der Waals surface area contributed by atoms with E-state index in [1.165, 1.54) is 0 Å². The van der Waals surface area contributed by atoms with Crippen LogP contribution in [0.25, 0.3) is 11.3 Å². The fraction of sp³-hybridized carbons (Fsp3) is 0.357. The second kappa shape index (κ2) is 4.93. The average Bonchev–Trinajstić information content (AvgIpc) is 3.00. The zero-order chi connectivity index (χ0) is 13.2. The highest BCUT2D eigenvalue weighted by molar-refractivity contribution is 5.62. The van der Waals surface area contributed by atoms with Crippen LogP contribution in [0.3, 0.4) is 0 Å². The van der Waals surface area contributed by atoms with Crippen molar-refractivity contribution in [3.8, 4) is 11.3 Å². The summed E-state index contributed by atoms with van der Waals surface area (Å²) in [5, 5.41) is 8.88. The van der Waals surface area contributed by atoms with Crippen LogP contribution in [0.4, 0.5) is 5.69 Å². The van der Waals surface area contributed by atoms with Gasteiger partial charge in [-0.05, 0) is 37.0 Å². The van der Waals surface area contributed by atoms with Gasteiger partial charge in [-0.25, -0.2) is 0 Å². The zero-order valence-electron chi connectivity index (χ0n) is 10.6. The molecule has 0 aliphatic heterocycles. The Morgan fingerprint density at radius 3 is 2.53 bits per heavy atom. The molecule has 0 radical (unpaired) electrons. The number of anilines is 1. The highest BCUT2D eigenvalue weighted by atomic mass is 16.1. The second-order valence-corrected chi connectivity index (χ2v) is 5.16. The molecule has 1 aromatic heterocycles. The Labute approximate surface area is 111 Å². The fourth-order valence-corrected chi connectivity index (χ4v) is 2.62. The molecular formula is C14H18N4O. The normalized spacial score (nSPS) is 22.6. The first kappa shape index (κ1) is 12.0. The first-order chi connectivity index (χ1) is 9.20. The van der Waals surface area contributed by atoms with Gasteiger partial charge in [0.15, 0.2) is 0 Å². The Morgan fingerprint density at radius 1 is 1.16 bits per heavy atom. The van der Waals surface area contributed by atoms with Gasteiger partial charge in [-0.1, -0.05) is 12.1 Å². The van der Waals surface area contributed by atoms with Crippen molar-refractivity contribution in [2.45, 2.75) is 31.3 Å². The van der Waals surface area contributed by atoms with Gasteiger partial charge < -0.3 is 11.1 Å². The lowest BCUT2D eigenvalue weighted by Crippen LogP contribution is -2.20. The molecule has 5 nitrogen and oxygen atoms in total. The minimum absolute atomic E-state index is 0.114. The summed E-state index contributed by atoms with van der Waals surface area (Å²) in [5.74, 6) is 0. The van der Waals surface area contributed by atoms with Gasteiger partial charge in [-0.3, -0.25) is 15.0 Å². The number of hydrogen-bond acceptors (Lipinski definition) is 3. The monoisotopic (exact) mass is 258 g/mol. The maximum absolute atomic E-state index is 11.1. The molecule has 1 fully saturated rings. The van der Waals surface area contributed by atoms with Gasteiger partial charge in [0.1, 0.15) is 0 Å². The van der Waals surface area contributed by atoms with Crippen molar-refractivity contribution in [1.82, 2.24) is 10.2 Å². The third-order valence-corrected chi connectivity index (χ3v) is 3.64. The summed E-state index contributed by atoms with van der Waals surface area (Å²) in [6.45, 7) is 0. The Balaban J connectivity index is 1.70. The minimum atomic E-state index is -0.114. The molecule has 1 heterocycles. The van der Waals surface area contributed by atoms with E-state index in [0.717, 1.165) is 36.2 Å². The highest BCUT2D eigenvalue weighted by Gasteiger charge is 2.21. The van der Waals surface area contributed by atoms with Crippen LogP contribution >= 0.6 is 0 Å². The molecule has 100 valence electrons. The molecular weight excluding hydrogens is 240 g/mol. The molecule has 1 saturated carbocycles. The van der Waals surface area contributed by atoms with Crippen molar-refractivity contribution < 1.29 is 0 Å². The largest absolute Gasteiger partial charge is 0.382 e. The summed E-state index contributed by atoms with van der Waals surface area (Å²) in [7, 11) is 0. The first-order valence-electron chi connectivity index (χ1n) is 6.61. The van der Waals surface area contributed by atoms with Crippen LogP contribution in [0.15, 0.2) is 35.1 Å². The first-order valence-corrected chi connectivity index (χ1v) is 6.61. The third kappa shape index (κ3) is 2.71. The Bertz CT molecular complexity index is 598. The van der Waals surface area contributed by atoms with E-state index >= 15 is 0 Å². The van der Waals surface area contributed by atoms with Crippen molar-refractivity contribution in [3.63, 3.8) is 0 Å². The summed E-state index contributed by atoms with van der Waals surface area (Å²) in [4.78, 5) is 11.1. The number of aromatic amines is 2. The molecule has 2 unspecified atom stereocenters. The van der Waals surface area contributed by atoms with Gasteiger partial charge in [0.2, 0.25) is 0 Å². The maximum atomic E-state index is 11.1. The van der Waals surface area contributed by atoms with Gasteiger partial charge in [0.05, 0.1) is 5.69 Å². The van der Waals surface area contributed by atoms with Crippen LogP contribution in [0, 0.1) is 0 Å². The number of hydrogen-bond donors (Lipinski definition) is 4. The number of benzene rings is 1. The smallest absolute Gasteiger partial charge is 0.264 e. The van der Waals surface area contributed by atoms with E-state index in [-0.39, 0.29) is 5.56 Å². The number of nitrogens with two attached hydrogens (primary N) is 1. The summed E-state index contributed by atoms with van der Waals surface area (Å²) in [6, 6.07) is 10.4. The van der Waals surface area contributed by atoms with Crippen molar-refractivity contribution in [2.24, 2.45) is 5.73 Å². The predicted molar refractivity (Wildman–Crippen MR) is 76.1 cm³/mol. The summed E-state index contributed by atoms with van der Waals surface area (Å²) < 4.78 is 0. The highest BCUT2D eigenvalue weighted by Crippen LogP contribution is 2.23. The van der Waals surface area contributed by atoms with Crippen molar-refractivity contribution in [3.05, 3.63) is 40.7 Å². The maximum Gasteiger partial charge on any atom is 0.264 e. The Morgan fingerprint density at radius 2 is 1.95 bits per heavy atom. The van der Waals surface area contributed by atoms with E-state index < -0.39 is 0 Å². The number of aromatic nitrogens is 2. The molecule has 3 rings (SSSR count). The molecule has 1 aliphatic rings. The van der Waals surface area contributed by atoms with Crippen LogP contribution in [-0.2, 0) is 0 Å². The molecule has 5 N–H and O–H groups in total. The SMILES string of the molecule is NC1CCC(Nc2ccc(-c3cc(=O)[nH][nH]3)cc2)C1. The lowest BCUT2D eigenvalue weighted by molar-refractivity contribution is 0.688. The molecule has 0 amide bonds. The molecule has 2 atom stereocenters. The standard InChI is InChI=1S/C14H18N4O/c15-10-3-6-12(7-10)16-11-4-1-9(2-5-11)13-8-14(19)18-17-13/h1-2,4-5,8,10,12,16H,3,6-7,15H2,(H2,17,18,19). The fourth-order valence-electron chi connectivity index (χ4n) is 2.62. The Hall–Kier alpha value is -2.01. The number of rotatable bonds is 3. The molecule has 0 bridgehead atoms. The lowest BCUT2D eigenvalue weighted by atomic mass is 10.1. The molecule has 5 heteroatoms. The molecule has 1 aliphatic carbocycles. The van der Waals surface area contributed by atoms with Crippen LogP contribution in [-0.4, -0.2) is 22.3 Å². The quantitative estimate of drug-likeness (QED) is 0.675. The summed E-state index contributed by atoms with van der Waals surface area (Å²) >= 11 is 0. The van der Waals surface area contributed by atoms with Crippen molar-refractivity contribution in [1.29, 1.82) is 0 Å². The molecule has 0 spiro atoms. The average molecular weight is 258 g/mol. The molecule has 2 aromatic rings. The molecule has 0 saturated heterocycles. The van der Waals surface area contributed by atoms with Crippen LogP contribution < -0.4 is 16.6 Å². The molecule has 1 aromatic carbocycles. The number of nitrogens with one attached hydrogen (secondary N) is 3. The second-order valence-electron chi connectivity index (χ2n) is 5.16. The van der Waals surface area contributed by atoms with Crippen LogP contribution in [0.5, 0.6) is 0 Å².